The summed E-state index contributed by atoms with van der Waals surface area (Å²) in [6.45, 7) is 5.80. The zero-order chi connectivity index (χ0) is 18.7. The van der Waals surface area contributed by atoms with Gasteiger partial charge in [0.2, 0.25) is 0 Å². The molecule has 2 atom stereocenters. The van der Waals surface area contributed by atoms with Gasteiger partial charge in [0.05, 0.1) is 11.6 Å². The summed E-state index contributed by atoms with van der Waals surface area (Å²) in [5, 5.41) is 5.64. The lowest BCUT2D eigenvalue weighted by atomic mass is 9.97. The molecule has 1 unspecified atom stereocenters. The van der Waals surface area contributed by atoms with Gasteiger partial charge in [0.25, 0.3) is 0 Å². The minimum absolute atomic E-state index is 0.0568. The second-order valence-corrected chi connectivity index (χ2v) is 6.29. The first-order chi connectivity index (χ1) is 12.4. The summed E-state index contributed by atoms with van der Waals surface area (Å²) in [7, 11) is 0. The Morgan fingerprint density at radius 1 is 0.962 bits per heavy atom. The molecule has 0 aliphatic rings. The molecule has 0 amide bonds. The lowest BCUT2D eigenvalue weighted by molar-refractivity contribution is -0.137. The fourth-order valence-electron chi connectivity index (χ4n) is 3.20. The Morgan fingerprint density at radius 3 is 2.38 bits per heavy atom. The van der Waals surface area contributed by atoms with E-state index < -0.39 is 11.7 Å². The summed E-state index contributed by atoms with van der Waals surface area (Å²) < 4.78 is 39.0. The molecule has 1 nitrogen and oxygen atoms in total. The van der Waals surface area contributed by atoms with Crippen LogP contribution < -0.4 is 5.32 Å². The minimum atomic E-state index is -4.36. The van der Waals surface area contributed by atoms with Crippen LogP contribution in [-0.2, 0) is 6.18 Å². The lowest BCUT2D eigenvalue weighted by Crippen LogP contribution is -2.23. The first kappa shape index (κ1) is 18.2. The molecule has 0 bridgehead atoms. The largest absolute Gasteiger partial charge is 0.416 e. The lowest BCUT2D eigenvalue weighted by Gasteiger charge is -2.23. The Balaban J connectivity index is 1.89. The Kier molecular flexibility index (Phi) is 5.14. The van der Waals surface area contributed by atoms with Crippen molar-refractivity contribution in [3.05, 3.63) is 96.1 Å². The fraction of sp³-hybridized carbons (Fsp3) is 0.182. The molecule has 0 aliphatic carbocycles. The molecule has 0 spiro atoms. The molecule has 0 saturated heterocycles. The summed E-state index contributed by atoms with van der Waals surface area (Å²) in [6, 6.07) is 19.1. The molecule has 0 radical (unpaired) electrons. The van der Waals surface area contributed by atoms with Crippen molar-refractivity contribution in [1.82, 2.24) is 5.32 Å². The van der Waals surface area contributed by atoms with Crippen LogP contribution in [0.3, 0.4) is 0 Å². The van der Waals surface area contributed by atoms with Gasteiger partial charge in [-0.3, -0.25) is 0 Å². The third kappa shape index (κ3) is 3.81. The van der Waals surface area contributed by atoms with Crippen molar-refractivity contribution in [1.29, 1.82) is 0 Å². The topological polar surface area (TPSA) is 12.0 Å². The van der Waals surface area contributed by atoms with Crippen molar-refractivity contribution in [3.8, 4) is 0 Å². The average Bonchev–Trinajstić information content (AvgIpc) is 2.65. The van der Waals surface area contributed by atoms with E-state index in [1.165, 1.54) is 12.1 Å². The van der Waals surface area contributed by atoms with Crippen LogP contribution in [0, 0.1) is 0 Å². The molecule has 0 saturated carbocycles. The molecule has 3 aromatic carbocycles. The predicted molar refractivity (Wildman–Crippen MR) is 99.9 cm³/mol. The van der Waals surface area contributed by atoms with Gasteiger partial charge in [-0.05, 0) is 41.0 Å². The van der Waals surface area contributed by atoms with Gasteiger partial charge in [-0.25, -0.2) is 0 Å². The molecule has 4 heteroatoms. The molecule has 1 N–H and O–H groups in total. The van der Waals surface area contributed by atoms with Gasteiger partial charge in [0.1, 0.15) is 0 Å². The molecule has 0 fully saturated rings. The van der Waals surface area contributed by atoms with Gasteiger partial charge in [-0.1, -0.05) is 60.7 Å². The SMILES string of the molecule is C=C[C@@H](NC(C)c1cccc2ccccc12)c1cccc(C(F)(F)F)c1. The van der Waals surface area contributed by atoms with Crippen LogP contribution in [0.2, 0.25) is 0 Å². The van der Waals surface area contributed by atoms with Crippen molar-refractivity contribution in [3.63, 3.8) is 0 Å². The smallest absolute Gasteiger partial charge is 0.300 e. The molecule has 0 heterocycles. The van der Waals surface area contributed by atoms with Crippen LogP contribution >= 0.6 is 0 Å². The Morgan fingerprint density at radius 2 is 1.65 bits per heavy atom. The van der Waals surface area contributed by atoms with Gasteiger partial charge in [0.15, 0.2) is 0 Å². The second-order valence-electron chi connectivity index (χ2n) is 6.29. The number of hydrogen-bond donors (Lipinski definition) is 1. The van der Waals surface area contributed by atoms with Gasteiger partial charge in [-0.15, -0.1) is 6.58 Å². The summed E-state index contributed by atoms with van der Waals surface area (Å²) >= 11 is 0. The van der Waals surface area contributed by atoms with Crippen molar-refractivity contribution < 1.29 is 13.2 Å². The second kappa shape index (κ2) is 7.34. The van der Waals surface area contributed by atoms with E-state index in [-0.39, 0.29) is 12.1 Å². The third-order valence-electron chi connectivity index (χ3n) is 4.53. The Labute approximate surface area is 151 Å². The van der Waals surface area contributed by atoms with E-state index in [4.69, 9.17) is 0 Å². The maximum atomic E-state index is 13.0. The highest BCUT2D eigenvalue weighted by Crippen LogP contribution is 2.32. The minimum Gasteiger partial charge on any atom is -0.300 e. The molecule has 3 rings (SSSR count). The van der Waals surface area contributed by atoms with Gasteiger partial charge >= 0.3 is 6.18 Å². The van der Waals surface area contributed by atoms with Crippen molar-refractivity contribution in [2.75, 3.05) is 0 Å². The van der Waals surface area contributed by atoms with E-state index in [0.29, 0.717) is 5.56 Å². The van der Waals surface area contributed by atoms with E-state index in [0.717, 1.165) is 22.4 Å². The Hall–Kier alpha value is -2.59. The van der Waals surface area contributed by atoms with Crippen LogP contribution in [0.25, 0.3) is 10.8 Å². The van der Waals surface area contributed by atoms with Gasteiger partial charge < -0.3 is 5.32 Å². The number of halogens is 3. The van der Waals surface area contributed by atoms with E-state index in [1.807, 2.05) is 43.3 Å². The van der Waals surface area contributed by atoms with E-state index >= 15 is 0 Å². The number of fused-ring (bicyclic) bond motifs is 1. The Bertz CT molecular complexity index is 909. The zero-order valence-electron chi connectivity index (χ0n) is 14.4. The molecular formula is C22H20F3N. The number of nitrogens with one attached hydrogen (secondary N) is 1. The summed E-state index contributed by atoms with van der Waals surface area (Å²) in [4.78, 5) is 0. The molecule has 0 aliphatic heterocycles. The van der Waals surface area contributed by atoms with E-state index in [2.05, 4.69) is 18.0 Å². The van der Waals surface area contributed by atoms with Crippen molar-refractivity contribution in [2.45, 2.75) is 25.2 Å². The quantitative estimate of drug-likeness (QED) is 0.520. The highest BCUT2D eigenvalue weighted by atomic mass is 19.4. The average molecular weight is 355 g/mol. The standard InChI is InChI=1S/C22H20F3N/c1-3-21(17-10-6-11-18(14-17)22(23,24)25)26-15(2)19-13-7-9-16-8-4-5-12-20(16)19/h3-15,21,26H,1H2,2H3/t15?,21-/m1/s1. The van der Waals surface area contributed by atoms with Gasteiger partial charge in [-0.2, -0.15) is 13.2 Å². The predicted octanol–water partition coefficient (Wildman–Crippen LogP) is 6.44. The summed E-state index contributed by atoms with van der Waals surface area (Å²) in [6.07, 6.45) is -2.72. The first-order valence-electron chi connectivity index (χ1n) is 8.43. The molecule has 134 valence electrons. The van der Waals surface area contributed by atoms with E-state index in [1.54, 1.807) is 12.1 Å². The van der Waals surface area contributed by atoms with Crippen molar-refractivity contribution >= 4 is 10.8 Å². The van der Waals surface area contributed by atoms with Crippen LogP contribution in [0.15, 0.2) is 79.4 Å². The maximum absolute atomic E-state index is 13.0. The molecule has 3 aromatic rings. The van der Waals surface area contributed by atoms with Gasteiger partial charge in [0, 0.05) is 6.04 Å². The van der Waals surface area contributed by atoms with Crippen LogP contribution in [0.5, 0.6) is 0 Å². The van der Waals surface area contributed by atoms with Crippen LogP contribution in [0.4, 0.5) is 13.2 Å². The van der Waals surface area contributed by atoms with Crippen LogP contribution in [0.1, 0.15) is 35.7 Å². The monoisotopic (exact) mass is 355 g/mol. The third-order valence-corrected chi connectivity index (χ3v) is 4.53. The normalized spacial score (nSPS) is 14.2. The number of hydrogen-bond acceptors (Lipinski definition) is 1. The number of rotatable bonds is 5. The van der Waals surface area contributed by atoms with E-state index in [9.17, 15) is 13.2 Å². The maximum Gasteiger partial charge on any atom is 0.416 e. The zero-order valence-corrected chi connectivity index (χ0v) is 14.4. The van der Waals surface area contributed by atoms with Crippen LogP contribution in [-0.4, -0.2) is 0 Å². The fourth-order valence-corrected chi connectivity index (χ4v) is 3.20. The summed E-state index contributed by atoms with van der Waals surface area (Å²) in [5.74, 6) is 0. The number of alkyl halides is 3. The first-order valence-corrected chi connectivity index (χ1v) is 8.43. The molecular weight excluding hydrogens is 335 g/mol. The molecule has 26 heavy (non-hydrogen) atoms. The summed E-state index contributed by atoms with van der Waals surface area (Å²) in [5.41, 5.74) is 0.991. The van der Waals surface area contributed by atoms with Crippen molar-refractivity contribution in [2.24, 2.45) is 0 Å². The highest BCUT2D eigenvalue weighted by Gasteiger charge is 2.30. The highest BCUT2D eigenvalue weighted by molar-refractivity contribution is 5.86. The number of benzene rings is 3. The molecule has 0 aromatic heterocycles.